The second-order valence-corrected chi connectivity index (χ2v) is 7.04. The summed E-state index contributed by atoms with van der Waals surface area (Å²) in [7, 11) is 0. The summed E-state index contributed by atoms with van der Waals surface area (Å²) in [6, 6.07) is 4.22. The zero-order valence-corrected chi connectivity index (χ0v) is 16.1. The van der Waals surface area contributed by atoms with Gasteiger partial charge >= 0.3 is 0 Å². The average Bonchev–Trinajstić information content (AvgIpc) is 3.05. The van der Waals surface area contributed by atoms with E-state index in [4.69, 9.17) is 4.42 Å². The average molecular weight is 351 g/mol. The quantitative estimate of drug-likeness (QED) is 0.519. The molecule has 2 heterocycles. The molecule has 0 bridgehead atoms. The molecule has 0 spiro atoms. The molecule has 0 amide bonds. The van der Waals surface area contributed by atoms with Crippen molar-refractivity contribution in [1.82, 2.24) is 15.5 Å². The van der Waals surface area contributed by atoms with Gasteiger partial charge in [0.1, 0.15) is 17.1 Å². The minimum Gasteiger partial charge on any atom is -0.463 e. The van der Waals surface area contributed by atoms with Crippen LogP contribution in [0, 0.1) is 6.92 Å². The number of hydrogen-bond donors (Lipinski definition) is 3. The predicted octanol–water partition coefficient (Wildman–Crippen LogP) is 2.23. The molecule has 1 aromatic heterocycles. The fourth-order valence-corrected chi connectivity index (χ4v) is 3.30. The molecule has 1 saturated heterocycles. The van der Waals surface area contributed by atoms with Crippen molar-refractivity contribution in [2.75, 3.05) is 32.7 Å². The Labute approximate surface area is 151 Å². The first-order valence-electron chi connectivity index (χ1n) is 9.51. The van der Waals surface area contributed by atoms with Gasteiger partial charge in [-0.25, -0.2) is 4.99 Å². The Hall–Kier alpha value is -1.53. The van der Waals surface area contributed by atoms with Gasteiger partial charge in [-0.2, -0.15) is 0 Å². The van der Waals surface area contributed by atoms with E-state index in [-0.39, 0.29) is 6.54 Å². The lowest BCUT2D eigenvalue weighted by molar-refractivity contribution is 0.0428. The van der Waals surface area contributed by atoms with Crippen molar-refractivity contribution in [2.45, 2.75) is 58.6 Å². The SMILES string of the molecule is CCNC(=NCC(C)(O)c1ccc(C)o1)NCC1CCCCN1CC. The number of furan rings is 1. The smallest absolute Gasteiger partial charge is 0.191 e. The molecule has 142 valence electrons. The molecule has 0 aliphatic carbocycles. The zero-order valence-electron chi connectivity index (χ0n) is 16.1. The number of likely N-dealkylation sites (N-methyl/N-ethyl adjacent to an activating group) is 1. The molecule has 0 radical (unpaired) electrons. The molecule has 1 fully saturated rings. The lowest BCUT2D eigenvalue weighted by Crippen LogP contribution is -2.49. The summed E-state index contributed by atoms with van der Waals surface area (Å²) in [6.07, 6.45) is 3.82. The Bertz CT molecular complexity index is 553. The van der Waals surface area contributed by atoms with E-state index in [1.165, 1.54) is 25.8 Å². The Morgan fingerprint density at radius 1 is 1.36 bits per heavy atom. The third kappa shape index (κ3) is 5.75. The highest BCUT2D eigenvalue weighted by Crippen LogP contribution is 2.23. The highest BCUT2D eigenvalue weighted by molar-refractivity contribution is 5.79. The largest absolute Gasteiger partial charge is 0.463 e. The highest BCUT2D eigenvalue weighted by atomic mass is 16.4. The standard InChI is InChI=1S/C19H34N4O2/c1-5-20-18(21-13-16-9-7-8-12-23(16)6-2)22-14-19(4,24)17-11-10-15(3)25-17/h10-11,16,24H,5-9,12-14H2,1-4H3,(H2,20,21,22). The summed E-state index contributed by atoms with van der Waals surface area (Å²) in [5, 5.41) is 17.4. The minimum atomic E-state index is -1.11. The maximum Gasteiger partial charge on any atom is 0.191 e. The first-order valence-corrected chi connectivity index (χ1v) is 9.51. The van der Waals surface area contributed by atoms with Gasteiger partial charge in [-0.3, -0.25) is 4.90 Å². The normalized spacial score (nSPS) is 21.8. The molecule has 6 nitrogen and oxygen atoms in total. The fourth-order valence-electron chi connectivity index (χ4n) is 3.30. The van der Waals surface area contributed by atoms with E-state index >= 15 is 0 Å². The lowest BCUT2D eigenvalue weighted by Gasteiger charge is -2.35. The number of likely N-dealkylation sites (tertiary alicyclic amines) is 1. The van der Waals surface area contributed by atoms with E-state index in [2.05, 4.69) is 27.4 Å². The molecular weight excluding hydrogens is 316 g/mol. The molecule has 0 saturated carbocycles. The summed E-state index contributed by atoms with van der Waals surface area (Å²) < 4.78 is 5.56. The van der Waals surface area contributed by atoms with Gasteiger partial charge in [-0.15, -0.1) is 0 Å². The maximum atomic E-state index is 10.6. The molecule has 6 heteroatoms. The number of hydrogen-bond acceptors (Lipinski definition) is 4. The molecule has 2 atom stereocenters. The molecule has 1 aliphatic heterocycles. The maximum absolute atomic E-state index is 10.6. The van der Waals surface area contributed by atoms with Gasteiger partial charge in [-0.05, 0) is 58.8 Å². The topological polar surface area (TPSA) is 73.0 Å². The summed E-state index contributed by atoms with van der Waals surface area (Å²) in [5.74, 6) is 2.09. The first-order chi connectivity index (χ1) is 12.0. The van der Waals surface area contributed by atoms with Gasteiger partial charge in [-0.1, -0.05) is 13.3 Å². The van der Waals surface area contributed by atoms with Crippen LogP contribution >= 0.6 is 0 Å². The highest BCUT2D eigenvalue weighted by Gasteiger charge is 2.27. The van der Waals surface area contributed by atoms with Crippen LogP contribution in [-0.4, -0.2) is 54.7 Å². The molecule has 0 aromatic carbocycles. The first kappa shape index (κ1) is 19.8. The van der Waals surface area contributed by atoms with E-state index in [1.54, 1.807) is 6.92 Å². The second-order valence-electron chi connectivity index (χ2n) is 7.04. The minimum absolute atomic E-state index is 0.247. The molecule has 2 rings (SSSR count). The van der Waals surface area contributed by atoms with Gasteiger partial charge < -0.3 is 20.2 Å². The van der Waals surface area contributed by atoms with Crippen LogP contribution in [0.4, 0.5) is 0 Å². The summed E-state index contributed by atoms with van der Waals surface area (Å²) in [4.78, 5) is 7.10. The van der Waals surface area contributed by atoms with Crippen molar-refractivity contribution in [3.8, 4) is 0 Å². The second kappa shape index (κ2) is 9.25. The van der Waals surface area contributed by atoms with Crippen LogP contribution in [0.25, 0.3) is 0 Å². The van der Waals surface area contributed by atoms with Crippen LogP contribution in [-0.2, 0) is 5.60 Å². The van der Waals surface area contributed by atoms with Crippen molar-refractivity contribution in [3.63, 3.8) is 0 Å². The third-order valence-electron chi connectivity index (χ3n) is 4.82. The van der Waals surface area contributed by atoms with Crippen molar-refractivity contribution in [1.29, 1.82) is 0 Å². The fraction of sp³-hybridized carbons (Fsp3) is 0.737. The summed E-state index contributed by atoms with van der Waals surface area (Å²) in [6.45, 7) is 12.1. The molecule has 25 heavy (non-hydrogen) atoms. The van der Waals surface area contributed by atoms with Crippen LogP contribution in [0.3, 0.4) is 0 Å². The van der Waals surface area contributed by atoms with Crippen molar-refractivity contribution < 1.29 is 9.52 Å². The number of rotatable bonds is 7. The van der Waals surface area contributed by atoms with Crippen LogP contribution < -0.4 is 10.6 Å². The van der Waals surface area contributed by atoms with Crippen molar-refractivity contribution in [3.05, 3.63) is 23.7 Å². The number of aryl methyl sites for hydroxylation is 1. The third-order valence-corrected chi connectivity index (χ3v) is 4.82. The Morgan fingerprint density at radius 3 is 2.80 bits per heavy atom. The van der Waals surface area contributed by atoms with Crippen LogP contribution in [0.15, 0.2) is 21.5 Å². The number of guanidine groups is 1. The lowest BCUT2D eigenvalue weighted by atomic mass is 10.0. The van der Waals surface area contributed by atoms with Crippen LogP contribution in [0.1, 0.15) is 51.6 Å². The molecule has 3 N–H and O–H groups in total. The number of aliphatic hydroxyl groups is 1. The van der Waals surface area contributed by atoms with Crippen molar-refractivity contribution >= 4 is 5.96 Å². The van der Waals surface area contributed by atoms with Crippen molar-refractivity contribution in [2.24, 2.45) is 4.99 Å². The Kier molecular flexibility index (Phi) is 7.32. The van der Waals surface area contributed by atoms with E-state index in [1.807, 2.05) is 26.0 Å². The summed E-state index contributed by atoms with van der Waals surface area (Å²) >= 11 is 0. The number of aliphatic imine (C=N–C) groups is 1. The van der Waals surface area contributed by atoms with E-state index in [0.29, 0.717) is 11.8 Å². The Morgan fingerprint density at radius 2 is 2.16 bits per heavy atom. The molecular formula is C19H34N4O2. The Balaban J connectivity index is 1.95. The van der Waals surface area contributed by atoms with Gasteiger partial charge in [0.05, 0.1) is 6.54 Å². The van der Waals surface area contributed by atoms with E-state index < -0.39 is 5.60 Å². The van der Waals surface area contributed by atoms with Gasteiger partial charge in [0.2, 0.25) is 0 Å². The predicted molar refractivity (Wildman–Crippen MR) is 102 cm³/mol. The van der Waals surface area contributed by atoms with Gasteiger partial charge in [0.15, 0.2) is 5.96 Å². The monoisotopic (exact) mass is 350 g/mol. The van der Waals surface area contributed by atoms with Crippen LogP contribution in [0.2, 0.25) is 0 Å². The number of nitrogens with one attached hydrogen (secondary N) is 2. The molecule has 2 unspecified atom stereocenters. The number of piperidine rings is 1. The van der Waals surface area contributed by atoms with E-state index in [0.717, 1.165) is 31.4 Å². The number of nitrogens with zero attached hydrogens (tertiary/aromatic N) is 2. The van der Waals surface area contributed by atoms with Crippen LogP contribution in [0.5, 0.6) is 0 Å². The van der Waals surface area contributed by atoms with Gasteiger partial charge in [0.25, 0.3) is 0 Å². The molecule has 1 aromatic rings. The van der Waals surface area contributed by atoms with E-state index in [9.17, 15) is 5.11 Å². The van der Waals surface area contributed by atoms with Gasteiger partial charge in [0, 0.05) is 19.1 Å². The summed E-state index contributed by atoms with van der Waals surface area (Å²) in [5.41, 5.74) is -1.11. The molecule has 1 aliphatic rings. The zero-order chi connectivity index (χ0) is 18.3.